The number of benzene rings is 2. The number of amides is 2. The van der Waals surface area contributed by atoms with Crippen molar-refractivity contribution in [2.45, 2.75) is 6.04 Å². The number of ether oxygens (including phenoxy) is 1. The van der Waals surface area contributed by atoms with E-state index in [0.29, 0.717) is 41.8 Å². The lowest BCUT2D eigenvalue weighted by molar-refractivity contribution is 0.0929. The maximum Gasteiger partial charge on any atom is 0.254 e. The fraction of sp³-hybridized carbons (Fsp3) is 0.280. The molecule has 162 valence electrons. The SMILES string of the molecule is CNC(=O)c1cc(C(=O)NC2C3COCC32)cc2c(-c3cn(C)c4ccccc34)coc12. The summed E-state index contributed by atoms with van der Waals surface area (Å²) in [6.45, 7) is 1.40. The topological polar surface area (TPSA) is 85.5 Å². The van der Waals surface area contributed by atoms with Crippen LogP contribution in [-0.2, 0) is 11.8 Å². The molecule has 0 radical (unpaired) electrons. The molecule has 1 saturated heterocycles. The van der Waals surface area contributed by atoms with Gasteiger partial charge in [0.2, 0.25) is 0 Å². The standard InChI is InChI=1S/C25H23N3O4/c1-26-25(30)16-8-13(24(29)27-22-19-10-31-11-20(19)22)7-15-18(12-32-23(15)16)17-9-28(2)21-6-4-3-5-14(17)21/h3-9,12,19-20,22H,10-11H2,1-2H3,(H,26,30)(H,27,29). The first-order valence-electron chi connectivity index (χ1n) is 10.8. The first kappa shape index (κ1) is 19.1. The minimum Gasteiger partial charge on any atom is -0.463 e. The Hall–Kier alpha value is -3.58. The highest BCUT2D eigenvalue weighted by molar-refractivity contribution is 6.13. The Bertz CT molecular complexity index is 1390. The van der Waals surface area contributed by atoms with Gasteiger partial charge in [0.15, 0.2) is 0 Å². The van der Waals surface area contributed by atoms with Gasteiger partial charge in [0.25, 0.3) is 11.8 Å². The number of fused-ring (bicyclic) bond motifs is 3. The van der Waals surface area contributed by atoms with E-state index in [2.05, 4.69) is 27.3 Å². The molecule has 7 heteroatoms. The molecular weight excluding hydrogens is 406 g/mol. The smallest absolute Gasteiger partial charge is 0.254 e. The van der Waals surface area contributed by atoms with Gasteiger partial charge in [-0.05, 0) is 18.2 Å². The predicted molar refractivity (Wildman–Crippen MR) is 121 cm³/mol. The van der Waals surface area contributed by atoms with Gasteiger partial charge in [-0.1, -0.05) is 18.2 Å². The average Bonchev–Trinajstić information content (AvgIpc) is 3.24. The molecule has 2 aliphatic rings. The van der Waals surface area contributed by atoms with Crippen LogP contribution in [0.2, 0.25) is 0 Å². The monoisotopic (exact) mass is 429 g/mol. The molecule has 3 heterocycles. The highest BCUT2D eigenvalue weighted by atomic mass is 16.5. The zero-order valence-electron chi connectivity index (χ0n) is 17.8. The minimum absolute atomic E-state index is 0.150. The van der Waals surface area contributed by atoms with Crippen LogP contribution in [0.3, 0.4) is 0 Å². The van der Waals surface area contributed by atoms with Crippen LogP contribution in [0, 0.1) is 11.8 Å². The van der Waals surface area contributed by atoms with Crippen LogP contribution in [0.25, 0.3) is 33.0 Å². The summed E-state index contributed by atoms with van der Waals surface area (Å²) >= 11 is 0. The number of aryl methyl sites for hydroxylation is 1. The second-order valence-electron chi connectivity index (χ2n) is 8.66. The van der Waals surface area contributed by atoms with Crippen LogP contribution in [0.4, 0.5) is 0 Å². The van der Waals surface area contributed by atoms with Gasteiger partial charge in [-0.25, -0.2) is 0 Å². The van der Waals surface area contributed by atoms with Crippen molar-refractivity contribution in [2.24, 2.45) is 18.9 Å². The third-order valence-corrected chi connectivity index (χ3v) is 6.84. The number of aromatic nitrogens is 1. The van der Waals surface area contributed by atoms with E-state index in [1.165, 1.54) is 0 Å². The van der Waals surface area contributed by atoms with Gasteiger partial charge in [-0.2, -0.15) is 0 Å². The number of hydrogen-bond acceptors (Lipinski definition) is 4. The van der Waals surface area contributed by atoms with Gasteiger partial charge in [0.1, 0.15) is 5.58 Å². The summed E-state index contributed by atoms with van der Waals surface area (Å²) in [5.41, 5.74) is 4.22. The number of nitrogens with zero attached hydrogens (tertiary/aromatic N) is 1. The Morgan fingerprint density at radius 2 is 1.81 bits per heavy atom. The van der Waals surface area contributed by atoms with Crippen LogP contribution in [0.1, 0.15) is 20.7 Å². The summed E-state index contributed by atoms with van der Waals surface area (Å²) < 4.78 is 13.4. The second-order valence-corrected chi connectivity index (χ2v) is 8.66. The van der Waals surface area contributed by atoms with E-state index in [1.807, 2.05) is 31.4 Å². The van der Waals surface area contributed by atoms with E-state index in [9.17, 15) is 9.59 Å². The van der Waals surface area contributed by atoms with Crippen molar-refractivity contribution < 1.29 is 18.7 Å². The molecule has 0 bridgehead atoms. The number of para-hydroxylation sites is 1. The van der Waals surface area contributed by atoms with Crippen molar-refractivity contribution in [3.63, 3.8) is 0 Å². The van der Waals surface area contributed by atoms with Crippen LogP contribution >= 0.6 is 0 Å². The lowest BCUT2D eigenvalue weighted by Gasteiger charge is -2.10. The molecule has 2 atom stereocenters. The maximum atomic E-state index is 13.1. The largest absolute Gasteiger partial charge is 0.463 e. The molecular formula is C25H23N3O4. The first-order valence-corrected chi connectivity index (χ1v) is 10.8. The summed E-state index contributed by atoms with van der Waals surface area (Å²) in [6, 6.07) is 11.7. The van der Waals surface area contributed by atoms with Crippen LogP contribution in [0.5, 0.6) is 0 Å². The molecule has 1 aliphatic carbocycles. The number of carbonyl (C=O) groups excluding carboxylic acids is 2. The zero-order valence-corrected chi connectivity index (χ0v) is 17.8. The van der Waals surface area contributed by atoms with Crippen LogP contribution in [-0.4, -0.2) is 42.7 Å². The van der Waals surface area contributed by atoms with Crippen molar-refractivity contribution in [1.29, 1.82) is 0 Å². The molecule has 1 saturated carbocycles. The Balaban J connectivity index is 1.48. The highest BCUT2D eigenvalue weighted by Crippen LogP contribution is 2.44. The van der Waals surface area contributed by atoms with E-state index < -0.39 is 0 Å². The average molecular weight is 429 g/mol. The Morgan fingerprint density at radius 3 is 2.59 bits per heavy atom. The molecule has 2 N–H and O–H groups in total. The minimum atomic E-state index is -0.292. The van der Waals surface area contributed by atoms with Gasteiger partial charge in [-0.15, -0.1) is 0 Å². The van der Waals surface area contributed by atoms with E-state index in [-0.39, 0.29) is 17.9 Å². The number of furan rings is 1. The maximum absolute atomic E-state index is 13.1. The van der Waals surface area contributed by atoms with Crippen LogP contribution < -0.4 is 10.6 Å². The summed E-state index contributed by atoms with van der Waals surface area (Å²) in [6.07, 6.45) is 3.72. The molecule has 6 rings (SSSR count). The third-order valence-electron chi connectivity index (χ3n) is 6.84. The molecule has 1 aliphatic heterocycles. The fourth-order valence-corrected chi connectivity index (χ4v) is 5.03. The molecule has 7 nitrogen and oxygen atoms in total. The lowest BCUT2D eigenvalue weighted by atomic mass is 9.99. The molecule has 2 aromatic carbocycles. The number of carbonyl (C=O) groups is 2. The molecule has 4 aromatic rings. The Morgan fingerprint density at radius 1 is 1.03 bits per heavy atom. The molecule has 2 amide bonds. The van der Waals surface area contributed by atoms with Gasteiger partial charge in [-0.3, -0.25) is 9.59 Å². The molecule has 0 spiro atoms. The van der Waals surface area contributed by atoms with Gasteiger partial charge in [0.05, 0.1) is 25.0 Å². The van der Waals surface area contributed by atoms with Crippen molar-refractivity contribution in [3.8, 4) is 11.1 Å². The van der Waals surface area contributed by atoms with E-state index in [1.54, 1.807) is 19.4 Å². The van der Waals surface area contributed by atoms with Gasteiger partial charge >= 0.3 is 0 Å². The summed E-state index contributed by atoms with van der Waals surface area (Å²) in [7, 11) is 3.57. The Kier molecular flexibility index (Phi) is 4.16. The quantitative estimate of drug-likeness (QED) is 0.521. The highest BCUT2D eigenvalue weighted by Gasteiger charge is 2.54. The normalized spacial score (nSPS) is 21.6. The first-order chi connectivity index (χ1) is 15.6. The van der Waals surface area contributed by atoms with E-state index >= 15 is 0 Å². The van der Waals surface area contributed by atoms with Crippen molar-refractivity contribution in [3.05, 3.63) is 60.0 Å². The predicted octanol–water partition coefficient (Wildman–Crippen LogP) is 3.33. The molecule has 2 aromatic heterocycles. The fourth-order valence-electron chi connectivity index (χ4n) is 5.03. The second kappa shape index (κ2) is 6.97. The molecule has 2 fully saturated rings. The van der Waals surface area contributed by atoms with Crippen molar-refractivity contribution in [2.75, 3.05) is 20.3 Å². The lowest BCUT2D eigenvalue weighted by Crippen LogP contribution is -2.30. The van der Waals surface area contributed by atoms with Gasteiger partial charge in [0, 0.05) is 71.1 Å². The number of nitrogens with one attached hydrogen (secondary N) is 2. The van der Waals surface area contributed by atoms with Crippen molar-refractivity contribution in [1.82, 2.24) is 15.2 Å². The van der Waals surface area contributed by atoms with Crippen molar-refractivity contribution >= 4 is 33.7 Å². The van der Waals surface area contributed by atoms with Gasteiger partial charge < -0.3 is 24.4 Å². The third kappa shape index (κ3) is 2.78. The summed E-state index contributed by atoms with van der Waals surface area (Å²) in [5, 5.41) is 7.60. The zero-order chi connectivity index (χ0) is 22.0. The summed E-state index contributed by atoms with van der Waals surface area (Å²) in [5.74, 6) is 0.337. The van der Waals surface area contributed by atoms with E-state index in [0.717, 1.165) is 27.4 Å². The summed E-state index contributed by atoms with van der Waals surface area (Å²) in [4.78, 5) is 25.7. The Labute approximate surface area is 184 Å². The van der Waals surface area contributed by atoms with Crippen LogP contribution in [0.15, 0.2) is 53.3 Å². The molecule has 2 unspecified atom stereocenters. The number of hydrogen-bond donors (Lipinski definition) is 2. The number of rotatable bonds is 4. The van der Waals surface area contributed by atoms with E-state index in [4.69, 9.17) is 9.15 Å². The molecule has 32 heavy (non-hydrogen) atoms.